The lowest BCUT2D eigenvalue weighted by Crippen LogP contribution is -2.23. The highest BCUT2D eigenvalue weighted by atomic mass is 35.5. The fraction of sp³-hybridized carbons (Fsp3) is 0.125. The van der Waals surface area contributed by atoms with Crippen molar-refractivity contribution in [2.24, 2.45) is 11.5 Å². The van der Waals surface area contributed by atoms with E-state index >= 15 is 0 Å². The largest absolute Gasteiger partial charge is 0.324 e. The molecule has 0 aliphatic heterocycles. The highest BCUT2D eigenvalue weighted by molar-refractivity contribution is 8.09. The van der Waals surface area contributed by atoms with E-state index in [2.05, 4.69) is 0 Å². The molecule has 0 fully saturated rings. The van der Waals surface area contributed by atoms with Crippen LogP contribution in [0.3, 0.4) is 0 Å². The van der Waals surface area contributed by atoms with Crippen LogP contribution in [-0.2, 0) is 22.7 Å². The van der Waals surface area contributed by atoms with E-state index in [0.29, 0.717) is 24.0 Å². The number of benzene rings is 4. The summed E-state index contributed by atoms with van der Waals surface area (Å²) < 4.78 is 28.7. The van der Waals surface area contributed by atoms with Crippen LogP contribution in [0, 0.1) is 0 Å². The first kappa shape index (κ1) is 29.1. The molecule has 0 radical (unpaired) electrons. The fourth-order valence-electron chi connectivity index (χ4n) is 4.28. The molecule has 0 aromatic heterocycles. The molecule has 0 spiro atoms. The summed E-state index contributed by atoms with van der Waals surface area (Å²) in [6.07, 6.45) is 4.36. The van der Waals surface area contributed by atoms with Crippen LogP contribution in [0.15, 0.2) is 133 Å². The van der Waals surface area contributed by atoms with E-state index in [1.807, 2.05) is 97.1 Å². The van der Waals surface area contributed by atoms with Gasteiger partial charge in [0.2, 0.25) is 9.84 Å². The first-order valence-electron chi connectivity index (χ1n) is 12.3. The highest BCUT2D eigenvalue weighted by Gasteiger charge is 2.27. The topological polar surface area (TPSA) is 86.2 Å². The average molecular weight is 545 g/mol. The maximum Gasteiger partial charge on any atom is 0.207 e. The summed E-state index contributed by atoms with van der Waals surface area (Å²) >= 11 is 0. The lowest BCUT2D eigenvalue weighted by Gasteiger charge is -2.18. The maximum atomic E-state index is 14.4. The van der Waals surface area contributed by atoms with Gasteiger partial charge in [-0.2, -0.15) is 0 Å². The number of sulfone groups is 1. The van der Waals surface area contributed by atoms with E-state index in [9.17, 15) is 8.42 Å². The van der Waals surface area contributed by atoms with Gasteiger partial charge >= 0.3 is 0 Å². The van der Waals surface area contributed by atoms with Gasteiger partial charge in [-0.15, -0.1) is 12.4 Å². The minimum atomic E-state index is -3.98. The molecule has 0 aliphatic carbocycles. The number of halogens is 1. The lowest BCUT2D eigenvalue weighted by atomic mass is 10.0. The zero-order valence-corrected chi connectivity index (χ0v) is 22.7. The summed E-state index contributed by atoms with van der Waals surface area (Å²) in [4.78, 5) is 0.358. The minimum absolute atomic E-state index is 0. The minimum Gasteiger partial charge on any atom is -0.324 e. The number of hydrogen-bond donors (Lipinski definition) is 2. The molecule has 4 nitrogen and oxygen atoms in total. The normalized spacial score (nSPS) is 13.8. The van der Waals surface area contributed by atoms with Gasteiger partial charge in [0.15, 0.2) is 0 Å². The summed E-state index contributed by atoms with van der Waals surface area (Å²) in [6, 6.07) is 36.9. The van der Waals surface area contributed by atoms with Gasteiger partial charge in [0.05, 0.1) is 9.81 Å². The second kappa shape index (κ2) is 13.9. The predicted octanol–water partition coefficient (Wildman–Crippen LogP) is 6.05. The van der Waals surface area contributed by atoms with E-state index < -0.39 is 21.9 Å². The lowest BCUT2D eigenvalue weighted by molar-refractivity contribution is 0.614. The van der Waals surface area contributed by atoms with Crippen LogP contribution in [-0.4, -0.2) is 20.5 Å². The van der Waals surface area contributed by atoms with Crippen LogP contribution >= 0.6 is 12.4 Å². The van der Waals surface area contributed by atoms with Gasteiger partial charge < -0.3 is 11.5 Å². The van der Waals surface area contributed by atoms with Gasteiger partial charge in [0, 0.05) is 12.1 Å². The van der Waals surface area contributed by atoms with Crippen LogP contribution in [0.4, 0.5) is 0 Å². The van der Waals surface area contributed by atoms with Crippen molar-refractivity contribution in [3.8, 4) is 0 Å². The van der Waals surface area contributed by atoms with Crippen molar-refractivity contribution in [1.82, 2.24) is 0 Å². The first-order valence-corrected chi connectivity index (χ1v) is 13.8. The van der Waals surface area contributed by atoms with Crippen molar-refractivity contribution < 1.29 is 8.42 Å². The van der Waals surface area contributed by atoms with Crippen molar-refractivity contribution >= 4 is 32.1 Å². The quantitative estimate of drug-likeness (QED) is 0.254. The molecule has 0 heterocycles. The van der Waals surface area contributed by atoms with Crippen molar-refractivity contribution in [3.05, 3.63) is 156 Å². The molecule has 196 valence electrons. The van der Waals surface area contributed by atoms with Crippen molar-refractivity contribution in [1.29, 1.82) is 0 Å². The third-order valence-corrected chi connectivity index (χ3v) is 7.96. The molecule has 0 unspecified atom stereocenters. The standard InChI is InChI=1S/C32H32N2O2S.ClH/c33-29(21-25-13-5-1-6-14-25)23-31(27-17-9-3-10-18-27)37(35,36)32(28-19-11-4-12-20-28)24-30(34)22-26-15-7-2-8-16-26;/h1-20,23-24,29-30H,21-22,33-34H2;1H/t29-,30-;/m1./s1. The molecule has 0 saturated carbocycles. The summed E-state index contributed by atoms with van der Waals surface area (Å²) in [5, 5.41) is 0. The van der Waals surface area contributed by atoms with E-state index in [1.54, 1.807) is 36.4 Å². The maximum absolute atomic E-state index is 14.4. The Hall–Kier alpha value is -3.48. The van der Waals surface area contributed by atoms with Crippen LogP contribution in [0.5, 0.6) is 0 Å². The number of rotatable bonds is 10. The van der Waals surface area contributed by atoms with Gasteiger partial charge in [0.1, 0.15) is 0 Å². The third-order valence-electron chi connectivity index (χ3n) is 6.06. The van der Waals surface area contributed by atoms with Gasteiger partial charge in [-0.25, -0.2) is 8.42 Å². The highest BCUT2D eigenvalue weighted by Crippen LogP contribution is 2.34. The zero-order valence-electron chi connectivity index (χ0n) is 21.1. The van der Waals surface area contributed by atoms with Crippen LogP contribution in [0.2, 0.25) is 0 Å². The second-order valence-corrected chi connectivity index (χ2v) is 10.9. The monoisotopic (exact) mass is 544 g/mol. The van der Waals surface area contributed by atoms with E-state index in [4.69, 9.17) is 11.5 Å². The van der Waals surface area contributed by atoms with Gasteiger partial charge in [-0.3, -0.25) is 0 Å². The average Bonchev–Trinajstić information content (AvgIpc) is 2.92. The van der Waals surface area contributed by atoms with Crippen molar-refractivity contribution in [2.75, 3.05) is 0 Å². The molecule has 4 rings (SSSR count). The van der Waals surface area contributed by atoms with Crippen molar-refractivity contribution in [3.63, 3.8) is 0 Å². The Labute approximate surface area is 232 Å². The molecule has 0 saturated heterocycles. The molecule has 0 amide bonds. The molecular formula is C32H33ClN2O2S. The Morgan fingerprint density at radius 2 is 0.842 bits per heavy atom. The Balaban J connectivity index is 0.00000400. The molecular weight excluding hydrogens is 512 g/mol. The summed E-state index contributed by atoms with van der Waals surface area (Å²) in [6.45, 7) is 0. The predicted molar refractivity (Wildman–Crippen MR) is 161 cm³/mol. The summed E-state index contributed by atoms with van der Waals surface area (Å²) in [5.41, 5.74) is 16.3. The molecule has 0 bridgehead atoms. The van der Waals surface area contributed by atoms with Crippen molar-refractivity contribution in [2.45, 2.75) is 24.9 Å². The van der Waals surface area contributed by atoms with Crippen LogP contribution in [0.25, 0.3) is 9.81 Å². The fourth-order valence-corrected chi connectivity index (χ4v) is 6.12. The van der Waals surface area contributed by atoms with E-state index in [0.717, 1.165) is 11.1 Å². The Morgan fingerprint density at radius 3 is 1.16 bits per heavy atom. The van der Waals surface area contributed by atoms with Gasteiger partial charge in [-0.1, -0.05) is 121 Å². The Morgan fingerprint density at radius 1 is 0.553 bits per heavy atom. The molecule has 4 aromatic carbocycles. The second-order valence-electron chi connectivity index (χ2n) is 9.00. The first-order chi connectivity index (χ1) is 17.9. The molecule has 4 N–H and O–H groups in total. The SMILES string of the molecule is Cl.N[C@@H](C=C(c1ccccc1)S(=O)(=O)C(=C[C@H](N)Cc1ccccc1)c1ccccc1)Cc1ccccc1. The molecule has 38 heavy (non-hydrogen) atoms. The molecule has 0 aliphatic rings. The van der Waals surface area contributed by atoms with Gasteiger partial charge in [-0.05, 0) is 47.2 Å². The smallest absolute Gasteiger partial charge is 0.207 e. The van der Waals surface area contributed by atoms with E-state index in [-0.39, 0.29) is 22.2 Å². The number of nitrogens with two attached hydrogens (primary N) is 2. The third kappa shape index (κ3) is 7.76. The Bertz CT molecular complexity index is 1330. The Kier molecular flexibility index (Phi) is 10.6. The summed E-state index contributed by atoms with van der Waals surface area (Å²) in [5.74, 6) is 0. The van der Waals surface area contributed by atoms with Crippen LogP contribution in [0.1, 0.15) is 22.3 Å². The van der Waals surface area contributed by atoms with Gasteiger partial charge in [0.25, 0.3) is 0 Å². The molecule has 4 aromatic rings. The van der Waals surface area contributed by atoms with E-state index in [1.165, 1.54) is 0 Å². The molecule has 2 atom stereocenters. The summed E-state index contributed by atoms with van der Waals surface area (Å²) in [7, 11) is -3.98. The van der Waals surface area contributed by atoms with Crippen LogP contribution < -0.4 is 11.5 Å². The zero-order chi connectivity index (χ0) is 26.1. The number of hydrogen-bond acceptors (Lipinski definition) is 4. The molecule has 6 heteroatoms.